The van der Waals surface area contributed by atoms with Crippen LogP contribution in [-0.4, -0.2) is 18.4 Å². The highest BCUT2D eigenvalue weighted by atomic mass is 16.2. The van der Waals surface area contributed by atoms with Crippen molar-refractivity contribution in [1.29, 1.82) is 0 Å². The topological polar surface area (TPSA) is 70.2 Å². The lowest BCUT2D eigenvalue weighted by atomic mass is 10.1. The highest BCUT2D eigenvalue weighted by Crippen LogP contribution is 2.12. The van der Waals surface area contributed by atoms with Crippen molar-refractivity contribution in [3.63, 3.8) is 0 Å². The first kappa shape index (κ1) is 20.1. The molecule has 0 radical (unpaired) electrons. The average Bonchev–Trinajstić information content (AvgIpc) is 2.77. The van der Waals surface area contributed by atoms with Gasteiger partial charge in [-0.15, -0.1) is 0 Å². The smallest absolute Gasteiger partial charge is 0.251 e. The van der Waals surface area contributed by atoms with E-state index in [0.717, 1.165) is 16.8 Å². The number of hydrogen-bond donors (Lipinski definition) is 3. The Labute approximate surface area is 171 Å². The van der Waals surface area contributed by atoms with Crippen molar-refractivity contribution in [1.82, 2.24) is 10.6 Å². The summed E-state index contributed by atoms with van der Waals surface area (Å²) >= 11 is 0. The molecule has 0 spiro atoms. The van der Waals surface area contributed by atoms with E-state index in [-0.39, 0.29) is 24.4 Å². The summed E-state index contributed by atoms with van der Waals surface area (Å²) in [5.41, 5.74) is 3.36. The Balaban J connectivity index is 1.50. The summed E-state index contributed by atoms with van der Waals surface area (Å²) < 4.78 is 0. The number of nitrogens with one attached hydrogen (secondary N) is 3. The quantitative estimate of drug-likeness (QED) is 0.549. The summed E-state index contributed by atoms with van der Waals surface area (Å²) in [5.74, 6) is -0.264. The second kappa shape index (κ2) is 10.1. The molecule has 0 heterocycles. The zero-order chi connectivity index (χ0) is 20.5. The molecule has 5 heteroatoms. The van der Waals surface area contributed by atoms with E-state index in [9.17, 15) is 9.59 Å². The maximum Gasteiger partial charge on any atom is 0.251 e. The third-order valence-corrected chi connectivity index (χ3v) is 4.55. The third kappa shape index (κ3) is 6.21. The van der Waals surface area contributed by atoms with Gasteiger partial charge in [-0.05, 0) is 36.2 Å². The molecule has 1 atom stereocenters. The Hall–Kier alpha value is -3.60. The van der Waals surface area contributed by atoms with Crippen LogP contribution in [0.2, 0.25) is 0 Å². The van der Waals surface area contributed by atoms with E-state index >= 15 is 0 Å². The van der Waals surface area contributed by atoms with Crippen molar-refractivity contribution in [2.45, 2.75) is 19.5 Å². The van der Waals surface area contributed by atoms with Gasteiger partial charge in [0.2, 0.25) is 5.91 Å². The van der Waals surface area contributed by atoms with Gasteiger partial charge in [-0.2, -0.15) is 0 Å². The standard InChI is InChI=1S/C24H25N3O2/c1-18(20-11-6-3-7-12-20)27-23(28)17-25-22-14-8-13-21(15-22)24(29)26-16-19-9-4-2-5-10-19/h2-15,18,25H,16-17H2,1H3,(H,26,29)(H,27,28). The van der Waals surface area contributed by atoms with E-state index in [1.54, 1.807) is 18.2 Å². The molecule has 0 aliphatic heterocycles. The predicted octanol–water partition coefficient (Wildman–Crippen LogP) is 3.91. The van der Waals surface area contributed by atoms with Gasteiger partial charge in [-0.3, -0.25) is 9.59 Å². The molecule has 148 valence electrons. The largest absolute Gasteiger partial charge is 0.376 e. The summed E-state index contributed by atoms with van der Waals surface area (Å²) in [6.45, 7) is 2.55. The minimum atomic E-state index is -0.153. The first-order valence-corrected chi connectivity index (χ1v) is 9.62. The molecule has 0 aromatic heterocycles. The van der Waals surface area contributed by atoms with Crippen LogP contribution in [-0.2, 0) is 11.3 Å². The maximum atomic E-state index is 12.4. The zero-order valence-electron chi connectivity index (χ0n) is 16.4. The molecule has 0 saturated carbocycles. The fourth-order valence-electron chi connectivity index (χ4n) is 2.95. The minimum Gasteiger partial charge on any atom is -0.376 e. The van der Waals surface area contributed by atoms with Crippen LogP contribution in [0.5, 0.6) is 0 Å². The van der Waals surface area contributed by atoms with Gasteiger partial charge in [0.25, 0.3) is 5.91 Å². The van der Waals surface area contributed by atoms with Crippen LogP contribution in [0, 0.1) is 0 Å². The van der Waals surface area contributed by atoms with Crippen LogP contribution >= 0.6 is 0 Å². The van der Waals surface area contributed by atoms with Crippen LogP contribution in [0.25, 0.3) is 0 Å². The number of hydrogen-bond acceptors (Lipinski definition) is 3. The van der Waals surface area contributed by atoms with Gasteiger partial charge in [0.15, 0.2) is 0 Å². The predicted molar refractivity (Wildman–Crippen MR) is 116 cm³/mol. The molecule has 0 aliphatic carbocycles. The summed E-state index contributed by atoms with van der Waals surface area (Å²) in [6.07, 6.45) is 0. The van der Waals surface area contributed by atoms with Crippen molar-refractivity contribution in [3.8, 4) is 0 Å². The number of carbonyl (C=O) groups is 2. The molecule has 0 bridgehead atoms. The lowest BCUT2D eigenvalue weighted by Crippen LogP contribution is -2.32. The molecule has 3 rings (SSSR count). The number of carbonyl (C=O) groups excluding carboxylic acids is 2. The van der Waals surface area contributed by atoms with Crippen LogP contribution in [0.3, 0.4) is 0 Å². The number of rotatable bonds is 8. The summed E-state index contributed by atoms with van der Waals surface area (Å²) in [5, 5.41) is 8.95. The molecule has 29 heavy (non-hydrogen) atoms. The molecule has 3 aromatic carbocycles. The molecule has 2 amide bonds. The first-order valence-electron chi connectivity index (χ1n) is 9.62. The van der Waals surface area contributed by atoms with Gasteiger partial charge >= 0.3 is 0 Å². The van der Waals surface area contributed by atoms with Crippen molar-refractivity contribution in [2.75, 3.05) is 11.9 Å². The molecule has 0 fully saturated rings. The van der Waals surface area contributed by atoms with Crippen LogP contribution in [0.4, 0.5) is 5.69 Å². The summed E-state index contributed by atoms with van der Waals surface area (Å²) in [6, 6.07) is 26.6. The number of amides is 2. The van der Waals surface area contributed by atoms with Gasteiger partial charge < -0.3 is 16.0 Å². The Bertz CT molecular complexity index is 943. The third-order valence-electron chi connectivity index (χ3n) is 4.55. The second-order valence-electron chi connectivity index (χ2n) is 6.80. The molecular weight excluding hydrogens is 362 g/mol. The highest BCUT2D eigenvalue weighted by Gasteiger charge is 2.10. The number of benzene rings is 3. The SMILES string of the molecule is CC(NC(=O)CNc1cccc(C(=O)NCc2ccccc2)c1)c1ccccc1. The van der Waals surface area contributed by atoms with Crippen LogP contribution in [0.15, 0.2) is 84.9 Å². The monoisotopic (exact) mass is 387 g/mol. The van der Waals surface area contributed by atoms with Crippen LogP contribution in [0.1, 0.15) is 34.5 Å². The lowest BCUT2D eigenvalue weighted by Gasteiger charge is -2.15. The summed E-state index contributed by atoms with van der Waals surface area (Å²) in [7, 11) is 0. The van der Waals surface area contributed by atoms with Gasteiger partial charge in [0, 0.05) is 17.8 Å². The van der Waals surface area contributed by atoms with Gasteiger partial charge in [0.05, 0.1) is 12.6 Å². The fourth-order valence-corrected chi connectivity index (χ4v) is 2.95. The Morgan fingerprint density at radius 2 is 1.55 bits per heavy atom. The molecule has 3 aromatic rings. The molecule has 0 aliphatic rings. The number of anilines is 1. The van der Waals surface area contributed by atoms with E-state index in [4.69, 9.17) is 0 Å². The lowest BCUT2D eigenvalue weighted by molar-refractivity contribution is -0.120. The average molecular weight is 387 g/mol. The van der Waals surface area contributed by atoms with Gasteiger partial charge in [-0.1, -0.05) is 66.7 Å². The fraction of sp³-hybridized carbons (Fsp3) is 0.167. The van der Waals surface area contributed by atoms with E-state index in [2.05, 4.69) is 16.0 Å². The molecular formula is C24H25N3O2. The van der Waals surface area contributed by atoms with E-state index in [1.807, 2.05) is 73.7 Å². The minimum absolute atomic E-state index is 0.0689. The van der Waals surface area contributed by atoms with E-state index in [1.165, 1.54) is 0 Å². The van der Waals surface area contributed by atoms with Crippen molar-refractivity contribution in [3.05, 3.63) is 102 Å². The molecule has 1 unspecified atom stereocenters. The summed E-state index contributed by atoms with van der Waals surface area (Å²) in [4.78, 5) is 24.6. The molecule has 5 nitrogen and oxygen atoms in total. The first-order chi connectivity index (χ1) is 14.1. The van der Waals surface area contributed by atoms with Crippen molar-refractivity contribution in [2.24, 2.45) is 0 Å². The Morgan fingerprint density at radius 3 is 2.28 bits per heavy atom. The zero-order valence-corrected chi connectivity index (χ0v) is 16.4. The van der Waals surface area contributed by atoms with Crippen molar-refractivity contribution < 1.29 is 9.59 Å². The van der Waals surface area contributed by atoms with Gasteiger partial charge in [0.1, 0.15) is 0 Å². The van der Waals surface area contributed by atoms with E-state index < -0.39 is 0 Å². The van der Waals surface area contributed by atoms with Crippen molar-refractivity contribution >= 4 is 17.5 Å². The second-order valence-corrected chi connectivity index (χ2v) is 6.80. The maximum absolute atomic E-state index is 12.4. The molecule has 0 saturated heterocycles. The molecule has 3 N–H and O–H groups in total. The van der Waals surface area contributed by atoms with Gasteiger partial charge in [-0.25, -0.2) is 0 Å². The Kier molecular flexibility index (Phi) is 7.00. The normalized spacial score (nSPS) is 11.3. The Morgan fingerprint density at radius 1 is 0.862 bits per heavy atom. The highest BCUT2D eigenvalue weighted by molar-refractivity contribution is 5.95. The van der Waals surface area contributed by atoms with Crippen LogP contribution < -0.4 is 16.0 Å². The van der Waals surface area contributed by atoms with E-state index in [0.29, 0.717) is 12.1 Å².